The molecule has 1 fully saturated rings. The molecule has 1 aliphatic rings. The van der Waals surface area contributed by atoms with Gasteiger partial charge in [0.1, 0.15) is 5.82 Å². The van der Waals surface area contributed by atoms with E-state index in [-0.39, 0.29) is 29.8 Å². The topological polar surface area (TPSA) is 55.5 Å². The minimum absolute atomic E-state index is 0. The monoisotopic (exact) mass is 535 g/mol. The number of aliphatic imine (C=N–C) groups is 1. The molecule has 4 rings (SSSR count). The average molecular weight is 535 g/mol. The van der Waals surface area contributed by atoms with E-state index in [2.05, 4.69) is 57.8 Å². The van der Waals surface area contributed by atoms with Gasteiger partial charge in [-0.05, 0) is 62.1 Å². The fraction of sp³-hybridized carbons (Fsp3) is 0.375. The van der Waals surface area contributed by atoms with Crippen LogP contribution >= 0.6 is 24.0 Å². The molecule has 0 bridgehead atoms. The molecule has 1 saturated heterocycles. The molecule has 166 valence electrons. The Morgan fingerprint density at radius 2 is 1.94 bits per heavy atom. The van der Waals surface area contributed by atoms with Crippen molar-refractivity contribution in [1.82, 2.24) is 15.6 Å². The number of guanidine groups is 1. The van der Waals surface area contributed by atoms with Crippen LogP contribution < -0.4 is 15.5 Å². The quantitative estimate of drug-likeness (QED) is 0.244. The lowest BCUT2D eigenvalue weighted by molar-refractivity contribution is 0.461. The molecule has 0 atom stereocenters. The number of rotatable bonds is 6. The van der Waals surface area contributed by atoms with Gasteiger partial charge >= 0.3 is 0 Å². The second kappa shape index (κ2) is 11.4. The first-order valence-electron chi connectivity index (χ1n) is 10.8. The fourth-order valence-corrected chi connectivity index (χ4v) is 4.08. The standard InChI is InChI=1S/C24H30FN5.HI/c1-2-26-24(27-13-10-18-17-28-23-9-8-19(25)16-22(18)23)29-20-11-14-30(15-12-20)21-6-4-3-5-7-21;/h3-9,16-17,20,28H,2,10-15H2,1H3,(H2,26,27,29);1H. The van der Waals surface area contributed by atoms with E-state index in [4.69, 9.17) is 4.99 Å². The van der Waals surface area contributed by atoms with Crippen molar-refractivity contribution in [3.63, 3.8) is 0 Å². The van der Waals surface area contributed by atoms with Crippen LogP contribution in [0.15, 0.2) is 59.7 Å². The highest BCUT2D eigenvalue weighted by Crippen LogP contribution is 2.21. The van der Waals surface area contributed by atoms with Gasteiger partial charge in [0, 0.05) is 55.0 Å². The van der Waals surface area contributed by atoms with Gasteiger partial charge in [0.2, 0.25) is 0 Å². The van der Waals surface area contributed by atoms with E-state index in [1.807, 2.05) is 6.20 Å². The Balaban J connectivity index is 0.00000272. The summed E-state index contributed by atoms with van der Waals surface area (Å²) < 4.78 is 13.6. The molecule has 3 aromatic rings. The Morgan fingerprint density at radius 3 is 2.68 bits per heavy atom. The molecule has 1 aromatic heterocycles. The third-order valence-corrected chi connectivity index (χ3v) is 5.68. The molecule has 2 aromatic carbocycles. The molecule has 0 saturated carbocycles. The van der Waals surface area contributed by atoms with Crippen molar-refractivity contribution in [3.05, 3.63) is 66.1 Å². The van der Waals surface area contributed by atoms with E-state index in [0.29, 0.717) is 12.6 Å². The van der Waals surface area contributed by atoms with Crippen molar-refractivity contribution in [3.8, 4) is 0 Å². The Kier molecular flexibility index (Phi) is 8.57. The zero-order valence-corrected chi connectivity index (χ0v) is 20.2. The van der Waals surface area contributed by atoms with Crippen molar-refractivity contribution in [2.75, 3.05) is 31.1 Å². The molecule has 0 unspecified atom stereocenters. The molecule has 0 radical (unpaired) electrons. The number of nitrogens with one attached hydrogen (secondary N) is 3. The van der Waals surface area contributed by atoms with E-state index in [1.165, 1.54) is 11.8 Å². The Morgan fingerprint density at radius 1 is 1.16 bits per heavy atom. The number of benzene rings is 2. The molecule has 0 aliphatic carbocycles. The minimum atomic E-state index is -0.205. The maximum atomic E-state index is 13.6. The van der Waals surface area contributed by atoms with Gasteiger partial charge in [-0.15, -0.1) is 24.0 Å². The predicted molar refractivity (Wildman–Crippen MR) is 138 cm³/mol. The Labute approximate surface area is 200 Å². The Hall–Kier alpha value is -2.29. The smallest absolute Gasteiger partial charge is 0.191 e. The molecule has 31 heavy (non-hydrogen) atoms. The number of anilines is 1. The fourth-order valence-electron chi connectivity index (χ4n) is 4.08. The molecule has 3 N–H and O–H groups in total. The van der Waals surface area contributed by atoms with E-state index < -0.39 is 0 Å². The zero-order valence-electron chi connectivity index (χ0n) is 17.9. The van der Waals surface area contributed by atoms with Gasteiger partial charge in [-0.2, -0.15) is 0 Å². The summed E-state index contributed by atoms with van der Waals surface area (Å²) >= 11 is 0. The van der Waals surface area contributed by atoms with Gasteiger partial charge in [-0.3, -0.25) is 4.99 Å². The van der Waals surface area contributed by atoms with Gasteiger partial charge < -0.3 is 20.5 Å². The van der Waals surface area contributed by atoms with Crippen LogP contribution in [0.25, 0.3) is 10.9 Å². The average Bonchev–Trinajstić information content (AvgIpc) is 3.17. The van der Waals surface area contributed by atoms with E-state index >= 15 is 0 Å². The highest BCUT2D eigenvalue weighted by Gasteiger charge is 2.20. The van der Waals surface area contributed by atoms with Gasteiger partial charge in [-0.1, -0.05) is 18.2 Å². The summed E-state index contributed by atoms with van der Waals surface area (Å²) in [7, 11) is 0. The molecular formula is C24H31FIN5. The summed E-state index contributed by atoms with van der Waals surface area (Å²) in [5, 5.41) is 7.90. The zero-order chi connectivity index (χ0) is 20.8. The molecule has 0 spiro atoms. The van der Waals surface area contributed by atoms with Crippen LogP contribution in [0, 0.1) is 5.82 Å². The van der Waals surface area contributed by atoms with Crippen LogP contribution in [0.4, 0.5) is 10.1 Å². The van der Waals surface area contributed by atoms with E-state index in [9.17, 15) is 4.39 Å². The summed E-state index contributed by atoms with van der Waals surface area (Å²) in [6.45, 7) is 5.65. The van der Waals surface area contributed by atoms with Crippen molar-refractivity contribution in [2.24, 2.45) is 4.99 Å². The maximum absolute atomic E-state index is 13.6. The summed E-state index contributed by atoms with van der Waals surface area (Å²) in [5.74, 6) is 0.658. The van der Waals surface area contributed by atoms with Gasteiger partial charge in [0.05, 0.1) is 0 Å². The predicted octanol–water partition coefficient (Wildman–Crippen LogP) is 4.69. The number of H-pyrrole nitrogens is 1. The Bertz CT molecular complexity index is 980. The van der Waals surface area contributed by atoms with E-state index in [1.54, 1.807) is 12.1 Å². The summed E-state index contributed by atoms with van der Waals surface area (Å²) in [4.78, 5) is 10.4. The second-order valence-electron chi connectivity index (χ2n) is 7.76. The molecule has 1 aliphatic heterocycles. The number of fused-ring (bicyclic) bond motifs is 1. The largest absolute Gasteiger partial charge is 0.371 e. The van der Waals surface area contributed by atoms with Crippen LogP contribution in [0.3, 0.4) is 0 Å². The summed E-state index contributed by atoms with van der Waals surface area (Å²) in [6.07, 6.45) is 4.90. The third kappa shape index (κ3) is 6.12. The number of halogens is 2. The van der Waals surface area contributed by atoms with Gasteiger partial charge in [0.15, 0.2) is 5.96 Å². The first kappa shape index (κ1) is 23.4. The SMILES string of the molecule is CCNC(=NCCc1c[nH]c2ccc(F)cc12)NC1CCN(c2ccccc2)CC1.I. The van der Waals surface area contributed by atoms with Crippen molar-refractivity contribution >= 4 is 46.5 Å². The van der Waals surface area contributed by atoms with Crippen LogP contribution in [0.5, 0.6) is 0 Å². The van der Waals surface area contributed by atoms with Crippen molar-refractivity contribution in [2.45, 2.75) is 32.2 Å². The minimum Gasteiger partial charge on any atom is -0.371 e. The first-order valence-corrected chi connectivity index (χ1v) is 10.8. The second-order valence-corrected chi connectivity index (χ2v) is 7.76. The maximum Gasteiger partial charge on any atom is 0.191 e. The summed E-state index contributed by atoms with van der Waals surface area (Å²) in [6, 6.07) is 15.9. The number of aromatic amines is 1. The van der Waals surface area contributed by atoms with E-state index in [0.717, 1.165) is 61.3 Å². The van der Waals surface area contributed by atoms with Crippen LogP contribution in [-0.2, 0) is 6.42 Å². The molecule has 0 amide bonds. The molecular weight excluding hydrogens is 504 g/mol. The van der Waals surface area contributed by atoms with Gasteiger partial charge in [-0.25, -0.2) is 4.39 Å². The van der Waals surface area contributed by atoms with Crippen molar-refractivity contribution < 1.29 is 4.39 Å². The van der Waals surface area contributed by atoms with Crippen LogP contribution in [0.1, 0.15) is 25.3 Å². The lowest BCUT2D eigenvalue weighted by Crippen LogP contribution is -2.48. The highest BCUT2D eigenvalue weighted by atomic mass is 127. The number of hydrogen-bond donors (Lipinski definition) is 3. The number of hydrogen-bond acceptors (Lipinski definition) is 2. The molecule has 5 nitrogen and oxygen atoms in total. The van der Waals surface area contributed by atoms with Crippen LogP contribution in [0.2, 0.25) is 0 Å². The van der Waals surface area contributed by atoms with Gasteiger partial charge in [0.25, 0.3) is 0 Å². The first-order chi connectivity index (χ1) is 14.7. The third-order valence-electron chi connectivity index (χ3n) is 5.68. The number of piperidine rings is 1. The van der Waals surface area contributed by atoms with Crippen molar-refractivity contribution in [1.29, 1.82) is 0 Å². The lowest BCUT2D eigenvalue weighted by Gasteiger charge is -2.34. The molecule has 2 heterocycles. The number of aromatic nitrogens is 1. The number of para-hydroxylation sites is 1. The normalized spacial score (nSPS) is 15.0. The molecule has 7 heteroatoms. The lowest BCUT2D eigenvalue weighted by atomic mass is 10.0. The highest BCUT2D eigenvalue weighted by molar-refractivity contribution is 14.0. The summed E-state index contributed by atoms with van der Waals surface area (Å²) in [5.41, 5.74) is 3.36. The number of nitrogens with zero attached hydrogens (tertiary/aromatic N) is 2. The van der Waals surface area contributed by atoms with Crippen LogP contribution in [-0.4, -0.2) is 43.2 Å².